The summed E-state index contributed by atoms with van der Waals surface area (Å²) in [6, 6.07) is 17.2. The molecular formula is C31H44N6. The minimum absolute atomic E-state index is 0.980. The molecule has 37 heavy (non-hydrogen) atoms. The molecule has 198 valence electrons. The van der Waals surface area contributed by atoms with Gasteiger partial charge in [0, 0.05) is 59.2 Å². The monoisotopic (exact) mass is 500 g/mol. The molecule has 4 aliphatic heterocycles. The van der Waals surface area contributed by atoms with Crippen molar-refractivity contribution in [3.05, 3.63) is 48.5 Å². The van der Waals surface area contributed by atoms with Crippen LogP contribution in [0.25, 0.3) is 0 Å². The van der Waals surface area contributed by atoms with Crippen LogP contribution in [0.15, 0.2) is 58.5 Å². The number of piperidine rings is 1. The number of benzene rings is 2. The van der Waals surface area contributed by atoms with Crippen molar-refractivity contribution < 1.29 is 0 Å². The van der Waals surface area contributed by atoms with E-state index in [1.54, 1.807) is 0 Å². The molecule has 2 aromatic rings. The smallest absolute Gasteiger partial charge is 0.105 e. The molecule has 1 N–H and O–H groups in total. The minimum atomic E-state index is 0.980. The first-order valence-electron chi connectivity index (χ1n) is 14.5. The number of para-hydroxylation sites is 4. The van der Waals surface area contributed by atoms with Crippen molar-refractivity contribution in [3.8, 4) is 0 Å². The highest BCUT2D eigenvalue weighted by Crippen LogP contribution is 2.32. The molecule has 0 aromatic heterocycles. The van der Waals surface area contributed by atoms with Crippen LogP contribution < -0.4 is 15.1 Å². The first kappa shape index (κ1) is 25.6. The molecule has 6 heteroatoms. The van der Waals surface area contributed by atoms with Gasteiger partial charge in [0.15, 0.2) is 0 Å². The number of likely N-dealkylation sites (tertiary alicyclic amines) is 1. The fraction of sp³-hybridized carbons (Fsp3) is 0.548. The number of amidine groups is 2. The van der Waals surface area contributed by atoms with Gasteiger partial charge in [-0.15, -0.1) is 0 Å². The van der Waals surface area contributed by atoms with Gasteiger partial charge in [-0.25, -0.2) is 4.99 Å². The fourth-order valence-corrected chi connectivity index (χ4v) is 5.78. The molecule has 3 saturated heterocycles. The molecule has 4 heterocycles. The molecule has 0 aliphatic carbocycles. The third-order valence-corrected chi connectivity index (χ3v) is 7.92. The summed E-state index contributed by atoms with van der Waals surface area (Å²) in [5, 5.41) is 3.53. The van der Waals surface area contributed by atoms with Crippen molar-refractivity contribution in [1.29, 1.82) is 0 Å². The van der Waals surface area contributed by atoms with E-state index >= 15 is 0 Å². The Morgan fingerprint density at radius 1 is 0.676 bits per heavy atom. The van der Waals surface area contributed by atoms with Crippen LogP contribution in [-0.2, 0) is 0 Å². The topological polar surface area (TPSA) is 46.5 Å². The van der Waals surface area contributed by atoms with Crippen LogP contribution in [0.2, 0.25) is 0 Å². The van der Waals surface area contributed by atoms with Crippen molar-refractivity contribution in [3.63, 3.8) is 0 Å². The quantitative estimate of drug-likeness (QED) is 0.507. The molecule has 0 atom stereocenters. The number of nitrogens with zero attached hydrogens (tertiary/aromatic N) is 5. The van der Waals surface area contributed by atoms with Crippen molar-refractivity contribution in [2.45, 2.75) is 64.2 Å². The second kappa shape index (κ2) is 13.0. The largest absolute Gasteiger partial charge is 0.370 e. The molecule has 0 amide bonds. The predicted molar refractivity (Wildman–Crippen MR) is 159 cm³/mol. The van der Waals surface area contributed by atoms with E-state index in [0.717, 1.165) is 37.5 Å². The number of nitrogens with one attached hydrogen (secondary N) is 1. The highest BCUT2D eigenvalue weighted by atomic mass is 15.2. The lowest BCUT2D eigenvalue weighted by atomic mass is 10.1. The Balaban J connectivity index is 0.000000152. The van der Waals surface area contributed by atoms with E-state index in [-0.39, 0.29) is 0 Å². The van der Waals surface area contributed by atoms with Crippen molar-refractivity contribution in [2.75, 3.05) is 61.4 Å². The van der Waals surface area contributed by atoms with E-state index in [9.17, 15) is 0 Å². The Bertz CT molecular complexity index is 1060. The zero-order valence-electron chi connectivity index (χ0n) is 22.7. The Hall–Kier alpha value is -3.02. The van der Waals surface area contributed by atoms with E-state index < -0.39 is 0 Å². The molecule has 2 aromatic carbocycles. The third-order valence-electron chi connectivity index (χ3n) is 7.92. The Kier molecular flexibility index (Phi) is 8.99. The summed E-state index contributed by atoms with van der Waals surface area (Å²) in [5.41, 5.74) is 5.02. The van der Waals surface area contributed by atoms with Crippen LogP contribution in [0.1, 0.15) is 64.2 Å². The number of hydrogen-bond donors (Lipinski definition) is 1. The Morgan fingerprint density at radius 3 is 2.00 bits per heavy atom. The SMILES string of the molecule is CN1CCCCC1=Nc1ccccc1N1CCCC1.c1ccc(N2CCCC2)c(NC2=NCCCC2)c1. The van der Waals surface area contributed by atoms with E-state index in [4.69, 9.17) is 4.99 Å². The van der Waals surface area contributed by atoms with Gasteiger partial charge in [-0.05, 0) is 75.6 Å². The van der Waals surface area contributed by atoms with Gasteiger partial charge < -0.3 is 20.0 Å². The van der Waals surface area contributed by atoms with E-state index in [1.807, 2.05) is 0 Å². The van der Waals surface area contributed by atoms with Crippen LogP contribution in [0.3, 0.4) is 0 Å². The molecule has 3 fully saturated rings. The molecular weight excluding hydrogens is 456 g/mol. The van der Waals surface area contributed by atoms with Gasteiger partial charge in [0.25, 0.3) is 0 Å². The maximum Gasteiger partial charge on any atom is 0.105 e. The summed E-state index contributed by atoms with van der Waals surface area (Å²) in [6.07, 6.45) is 12.5. The average Bonchev–Trinajstić information content (AvgIpc) is 3.67. The van der Waals surface area contributed by atoms with E-state index in [1.165, 1.54) is 100 Å². The first-order valence-corrected chi connectivity index (χ1v) is 14.5. The molecule has 0 saturated carbocycles. The highest BCUT2D eigenvalue weighted by Gasteiger charge is 2.18. The molecule has 0 spiro atoms. The number of aliphatic imine (C=N–C) groups is 2. The van der Waals surface area contributed by atoms with Crippen LogP contribution in [0.4, 0.5) is 22.7 Å². The van der Waals surface area contributed by atoms with Crippen molar-refractivity contribution in [1.82, 2.24) is 4.90 Å². The average molecular weight is 501 g/mol. The van der Waals surface area contributed by atoms with Crippen LogP contribution >= 0.6 is 0 Å². The second-order valence-corrected chi connectivity index (χ2v) is 10.7. The first-order chi connectivity index (χ1) is 18.3. The number of rotatable bonds is 4. The summed E-state index contributed by atoms with van der Waals surface area (Å²) in [4.78, 5) is 16.8. The summed E-state index contributed by atoms with van der Waals surface area (Å²) in [5.74, 6) is 2.41. The predicted octanol–water partition coefficient (Wildman–Crippen LogP) is 6.71. The third kappa shape index (κ3) is 6.85. The molecule has 0 radical (unpaired) electrons. The zero-order valence-corrected chi connectivity index (χ0v) is 22.7. The lowest BCUT2D eigenvalue weighted by Gasteiger charge is -2.27. The van der Waals surface area contributed by atoms with Gasteiger partial charge in [0.1, 0.15) is 11.7 Å². The van der Waals surface area contributed by atoms with E-state index in [2.05, 4.69) is 80.6 Å². The van der Waals surface area contributed by atoms with Gasteiger partial charge in [-0.2, -0.15) is 0 Å². The van der Waals surface area contributed by atoms with Crippen molar-refractivity contribution in [2.24, 2.45) is 9.98 Å². The van der Waals surface area contributed by atoms with Crippen LogP contribution in [-0.4, -0.2) is 62.9 Å². The Labute approximate surface area is 223 Å². The number of hydrogen-bond acceptors (Lipinski definition) is 5. The molecule has 4 aliphatic rings. The van der Waals surface area contributed by atoms with Gasteiger partial charge in [-0.1, -0.05) is 24.3 Å². The second-order valence-electron chi connectivity index (χ2n) is 10.7. The summed E-state index contributed by atoms with van der Waals surface area (Å²) < 4.78 is 0. The normalized spacial score (nSPS) is 21.1. The Morgan fingerprint density at radius 2 is 1.30 bits per heavy atom. The van der Waals surface area contributed by atoms with Crippen LogP contribution in [0.5, 0.6) is 0 Å². The lowest BCUT2D eigenvalue weighted by Crippen LogP contribution is -2.31. The summed E-state index contributed by atoms with van der Waals surface area (Å²) in [6.45, 7) is 6.85. The highest BCUT2D eigenvalue weighted by molar-refractivity contribution is 5.98. The summed E-state index contributed by atoms with van der Waals surface area (Å²) >= 11 is 0. The van der Waals surface area contributed by atoms with Gasteiger partial charge in [0.05, 0.1) is 22.7 Å². The van der Waals surface area contributed by atoms with Gasteiger partial charge >= 0.3 is 0 Å². The molecule has 0 unspecified atom stereocenters. The van der Waals surface area contributed by atoms with Gasteiger partial charge in [-0.3, -0.25) is 4.99 Å². The zero-order chi connectivity index (χ0) is 25.3. The lowest BCUT2D eigenvalue weighted by molar-refractivity contribution is 0.434. The van der Waals surface area contributed by atoms with Crippen LogP contribution in [0, 0.1) is 0 Å². The summed E-state index contributed by atoms with van der Waals surface area (Å²) in [7, 11) is 2.16. The standard InChI is InChI=1S/C16H23N3.C15H21N3/c1-18-11-5-4-10-16(18)17-14-8-2-3-9-15(14)19-12-6-7-13-19;1-2-8-14(18-11-5-6-12-18)13(7-1)17-15-9-3-4-10-16-15/h2-3,8-9H,4-7,10-13H2,1H3;1-2,7-8H,3-6,9-12H2,(H,16,17). The molecule has 6 rings (SSSR count). The van der Waals surface area contributed by atoms with Crippen molar-refractivity contribution >= 4 is 34.4 Å². The maximum atomic E-state index is 4.94. The van der Waals surface area contributed by atoms with Gasteiger partial charge in [0.2, 0.25) is 0 Å². The minimum Gasteiger partial charge on any atom is -0.370 e. The molecule has 6 nitrogen and oxygen atoms in total. The fourth-order valence-electron chi connectivity index (χ4n) is 5.78. The van der Waals surface area contributed by atoms with E-state index in [0.29, 0.717) is 0 Å². The molecule has 0 bridgehead atoms. The maximum absolute atomic E-state index is 4.94. The number of anilines is 3.